The van der Waals surface area contributed by atoms with Crippen LogP contribution in [0.2, 0.25) is 0 Å². The molecule has 0 heterocycles. The second kappa shape index (κ2) is 3.97. The van der Waals surface area contributed by atoms with Crippen LogP contribution < -0.4 is 5.73 Å². The Morgan fingerprint density at radius 2 is 2.14 bits per heavy atom. The molecule has 0 radical (unpaired) electrons. The van der Waals surface area contributed by atoms with E-state index in [4.69, 9.17) is 11.0 Å². The summed E-state index contributed by atoms with van der Waals surface area (Å²) in [5, 5.41) is 8.83. The van der Waals surface area contributed by atoms with E-state index < -0.39 is 0 Å². The zero-order valence-electron chi connectivity index (χ0n) is 8.54. The van der Waals surface area contributed by atoms with Crippen molar-refractivity contribution in [1.29, 1.82) is 5.26 Å². The summed E-state index contributed by atoms with van der Waals surface area (Å²) in [6.07, 6.45) is 1.68. The lowest BCUT2D eigenvalue weighted by Gasteiger charge is -2.12. The van der Waals surface area contributed by atoms with Crippen LogP contribution in [0.5, 0.6) is 0 Å². The predicted octanol–water partition coefficient (Wildman–Crippen LogP) is 2.91. The van der Waals surface area contributed by atoms with Gasteiger partial charge in [0.25, 0.3) is 0 Å². The summed E-state index contributed by atoms with van der Waals surface area (Å²) >= 11 is 0. The quantitative estimate of drug-likeness (QED) is 0.722. The van der Waals surface area contributed by atoms with E-state index in [1.165, 1.54) is 0 Å². The first-order chi connectivity index (χ1) is 6.60. The van der Waals surface area contributed by atoms with Crippen LogP contribution in [0.4, 0.5) is 5.69 Å². The van der Waals surface area contributed by atoms with Crippen LogP contribution >= 0.6 is 0 Å². The lowest BCUT2D eigenvalue weighted by Crippen LogP contribution is -2.00. The van der Waals surface area contributed by atoms with Crippen LogP contribution in [-0.2, 0) is 0 Å². The van der Waals surface area contributed by atoms with Gasteiger partial charge in [0.05, 0.1) is 11.6 Å². The van der Waals surface area contributed by atoms with E-state index in [1.807, 2.05) is 6.07 Å². The zero-order chi connectivity index (χ0) is 10.7. The van der Waals surface area contributed by atoms with Crippen molar-refractivity contribution in [2.75, 3.05) is 5.73 Å². The molecule has 0 atom stereocenters. The van der Waals surface area contributed by atoms with Crippen LogP contribution in [0.3, 0.4) is 0 Å². The molecule has 0 aliphatic carbocycles. The number of nitrogen functional groups attached to an aromatic ring is 1. The molecule has 14 heavy (non-hydrogen) atoms. The number of nitrogens with zero attached hydrogens (tertiary/aromatic N) is 1. The molecule has 0 aromatic heterocycles. The number of nitrogens with two attached hydrogens (primary N) is 1. The average molecular weight is 186 g/mol. The van der Waals surface area contributed by atoms with Crippen LogP contribution in [0.15, 0.2) is 18.7 Å². The third-order valence-electron chi connectivity index (χ3n) is 2.22. The molecule has 0 aliphatic rings. The number of anilines is 1. The fourth-order valence-electron chi connectivity index (χ4n) is 1.41. The minimum atomic E-state index is 0.321. The standard InChI is InChI=1S/C12H14N2/c1-4-10-5-9(7-13)6-11(8(2)3)12(10)14/h4-6,8H,1,14H2,2-3H3. The molecule has 72 valence electrons. The summed E-state index contributed by atoms with van der Waals surface area (Å²) < 4.78 is 0. The van der Waals surface area contributed by atoms with Crippen molar-refractivity contribution < 1.29 is 0 Å². The Labute approximate surface area is 84.7 Å². The second-order valence-corrected chi connectivity index (χ2v) is 3.54. The summed E-state index contributed by atoms with van der Waals surface area (Å²) in [5.74, 6) is 0.321. The second-order valence-electron chi connectivity index (χ2n) is 3.54. The van der Waals surface area contributed by atoms with E-state index in [-0.39, 0.29) is 0 Å². The molecule has 1 aromatic rings. The molecule has 0 saturated heterocycles. The Morgan fingerprint density at radius 1 is 1.50 bits per heavy atom. The molecule has 2 nitrogen and oxygen atoms in total. The summed E-state index contributed by atoms with van der Waals surface area (Å²) in [7, 11) is 0. The highest BCUT2D eigenvalue weighted by Crippen LogP contribution is 2.27. The number of rotatable bonds is 2. The Bertz CT molecular complexity index is 398. The van der Waals surface area contributed by atoms with Crippen molar-refractivity contribution >= 4 is 11.8 Å². The van der Waals surface area contributed by atoms with Crippen molar-refractivity contribution in [3.63, 3.8) is 0 Å². The minimum Gasteiger partial charge on any atom is -0.398 e. The van der Waals surface area contributed by atoms with Gasteiger partial charge in [0.1, 0.15) is 0 Å². The van der Waals surface area contributed by atoms with Crippen molar-refractivity contribution in [1.82, 2.24) is 0 Å². The number of hydrogen-bond acceptors (Lipinski definition) is 2. The lowest BCUT2D eigenvalue weighted by molar-refractivity contribution is 0.869. The predicted molar refractivity (Wildman–Crippen MR) is 59.7 cm³/mol. The van der Waals surface area contributed by atoms with Crippen LogP contribution in [0, 0.1) is 11.3 Å². The van der Waals surface area contributed by atoms with Crippen molar-refractivity contribution in [3.8, 4) is 6.07 Å². The van der Waals surface area contributed by atoms with Gasteiger partial charge in [0.15, 0.2) is 0 Å². The summed E-state index contributed by atoms with van der Waals surface area (Å²) in [6, 6.07) is 5.72. The molecular formula is C12H14N2. The van der Waals surface area contributed by atoms with E-state index in [0.717, 1.165) is 16.8 Å². The third-order valence-corrected chi connectivity index (χ3v) is 2.22. The van der Waals surface area contributed by atoms with Gasteiger partial charge >= 0.3 is 0 Å². The molecule has 0 spiro atoms. The van der Waals surface area contributed by atoms with Crippen molar-refractivity contribution in [2.24, 2.45) is 0 Å². The molecular weight excluding hydrogens is 172 g/mol. The Morgan fingerprint density at radius 3 is 2.57 bits per heavy atom. The number of nitriles is 1. The molecule has 2 heteroatoms. The molecule has 0 saturated carbocycles. The molecule has 2 N–H and O–H groups in total. The van der Waals surface area contributed by atoms with Crippen LogP contribution in [0.1, 0.15) is 36.5 Å². The van der Waals surface area contributed by atoms with Crippen LogP contribution in [0.25, 0.3) is 6.08 Å². The van der Waals surface area contributed by atoms with E-state index >= 15 is 0 Å². The molecule has 0 unspecified atom stereocenters. The SMILES string of the molecule is C=Cc1cc(C#N)cc(C(C)C)c1N. The summed E-state index contributed by atoms with van der Waals surface area (Å²) in [5.41, 5.74) is 9.16. The topological polar surface area (TPSA) is 49.8 Å². The largest absolute Gasteiger partial charge is 0.398 e. The van der Waals surface area contributed by atoms with Gasteiger partial charge < -0.3 is 5.73 Å². The fraction of sp³-hybridized carbons (Fsp3) is 0.250. The highest BCUT2D eigenvalue weighted by atomic mass is 14.6. The molecule has 0 fully saturated rings. The van der Waals surface area contributed by atoms with Gasteiger partial charge in [-0.05, 0) is 29.2 Å². The van der Waals surface area contributed by atoms with E-state index in [0.29, 0.717) is 11.5 Å². The van der Waals surface area contributed by atoms with Crippen LogP contribution in [-0.4, -0.2) is 0 Å². The Hall–Kier alpha value is -1.75. The maximum absolute atomic E-state index is 8.83. The number of benzene rings is 1. The molecule has 1 aromatic carbocycles. The Balaban J connectivity index is 3.43. The van der Waals surface area contributed by atoms with Crippen molar-refractivity contribution in [2.45, 2.75) is 19.8 Å². The Kier molecular flexibility index (Phi) is 2.93. The lowest BCUT2D eigenvalue weighted by atomic mass is 9.95. The van der Waals surface area contributed by atoms with Crippen molar-refractivity contribution in [3.05, 3.63) is 35.4 Å². The van der Waals surface area contributed by atoms with Gasteiger partial charge in [0, 0.05) is 5.69 Å². The van der Waals surface area contributed by atoms with Gasteiger partial charge in [-0.3, -0.25) is 0 Å². The molecule has 0 amide bonds. The smallest absolute Gasteiger partial charge is 0.0991 e. The minimum absolute atomic E-state index is 0.321. The monoisotopic (exact) mass is 186 g/mol. The molecule has 0 aliphatic heterocycles. The average Bonchev–Trinajstić information content (AvgIpc) is 2.17. The third kappa shape index (κ3) is 1.77. The molecule has 1 rings (SSSR count). The first-order valence-electron chi connectivity index (χ1n) is 4.56. The first-order valence-corrected chi connectivity index (χ1v) is 4.56. The first kappa shape index (κ1) is 10.3. The highest BCUT2D eigenvalue weighted by Gasteiger charge is 2.08. The van der Waals surface area contributed by atoms with Gasteiger partial charge in [0.2, 0.25) is 0 Å². The maximum atomic E-state index is 8.83. The van der Waals surface area contributed by atoms with Gasteiger partial charge in [-0.25, -0.2) is 0 Å². The van der Waals surface area contributed by atoms with Gasteiger partial charge in [-0.1, -0.05) is 26.5 Å². The molecule has 0 bridgehead atoms. The summed E-state index contributed by atoms with van der Waals surface area (Å²) in [6.45, 7) is 7.79. The van der Waals surface area contributed by atoms with E-state index in [9.17, 15) is 0 Å². The van der Waals surface area contributed by atoms with E-state index in [2.05, 4.69) is 26.5 Å². The summed E-state index contributed by atoms with van der Waals surface area (Å²) in [4.78, 5) is 0. The highest BCUT2D eigenvalue weighted by molar-refractivity contribution is 5.69. The number of hydrogen-bond donors (Lipinski definition) is 1. The van der Waals surface area contributed by atoms with Gasteiger partial charge in [-0.15, -0.1) is 0 Å². The fourth-order valence-corrected chi connectivity index (χ4v) is 1.41. The maximum Gasteiger partial charge on any atom is 0.0991 e. The normalized spacial score (nSPS) is 9.86. The zero-order valence-corrected chi connectivity index (χ0v) is 8.54. The van der Waals surface area contributed by atoms with E-state index in [1.54, 1.807) is 12.1 Å². The van der Waals surface area contributed by atoms with Gasteiger partial charge in [-0.2, -0.15) is 5.26 Å².